The highest BCUT2D eigenvalue weighted by Gasteiger charge is 2.30. The SMILES string of the molecule is CCN(c1cccc2cc(-c3ncc(CN4Cc5c(c(O)n(C)c5O)C4)s3)[nH]c12)S(=O)(=O)c1cccs1. The summed E-state index contributed by atoms with van der Waals surface area (Å²) in [5.41, 5.74) is 3.71. The van der Waals surface area contributed by atoms with Crippen molar-refractivity contribution in [2.24, 2.45) is 7.05 Å². The zero-order valence-corrected chi connectivity index (χ0v) is 22.6. The van der Waals surface area contributed by atoms with Crippen LogP contribution in [-0.2, 0) is 36.7 Å². The van der Waals surface area contributed by atoms with Crippen LogP contribution in [0.2, 0.25) is 0 Å². The Morgan fingerprint density at radius 3 is 2.57 bits per heavy atom. The molecule has 6 rings (SSSR count). The lowest BCUT2D eigenvalue weighted by Crippen LogP contribution is -2.30. The van der Waals surface area contributed by atoms with Gasteiger partial charge in [0.05, 0.1) is 16.9 Å². The van der Waals surface area contributed by atoms with Gasteiger partial charge in [0.2, 0.25) is 0 Å². The summed E-state index contributed by atoms with van der Waals surface area (Å²) < 4.78 is 29.8. The summed E-state index contributed by atoms with van der Waals surface area (Å²) in [4.78, 5) is 11.2. The number of aromatic amines is 1. The number of nitrogens with zero attached hydrogens (tertiary/aromatic N) is 4. The fourth-order valence-corrected chi connectivity index (χ4v) is 8.42. The monoisotopic (exact) mass is 555 g/mol. The molecule has 0 saturated heterocycles. The minimum Gasteiger partial charge on any atom is -0.494 e. The Labute approximate surface area is 221 Å². The molecule has 0 fully saturated rings. The summed E-state index contributed by atoms with van der Waals surface area (Å²) in [7, 11) is -2.02. The van der Waals surface area contributed by atoms with E-state index in [9.17, 15) is 18.6 Å². The molecule has 5 heterocycles. The summed E-state index contributed by atoms with van der Waals surface area (Å²) in [5.74, 6) is 0.215. The van der Waals surface area contributed by atoms with Gasteiger partial charge in [-0.1, -0.05) is 18.2 Å². The van der Waals surface area contributed by atoms with Crippen molar-refractivity contribution in [2.45, 2.75) is 30.8 Å². The minimum absolute atomic E-state index is 0.107. The zero-order valence-electron chi connectivity index (χ0n) is 20.2. The Bertz CT molecular complexity index is 1690. The maximum absolute atomic E-state index is 13.3. The number of aromatic nitrogens is 3. The standard InChI is InChI=1S/C25H25N5O4S3/c1-3-30(37(33,34)21-8-5-9-35-21)20-7-4-6-15-10-19(27-22(15)20)23-26-11-16(36-23)12-29-13-17-18(14-29)25(32)28(2)24(17)31/h4-11,27,31-32H,3,12-14H2,1-2H3. The van der Waals surface area contributed by atoms with Crippen LogP contribution < -0.4 is 4.31 Å². The van der Waals surface area contributed by atoms with Crippen LogP contribution in [0.5, 0.6) is 11.8 Å². The van der Waals surface area contributed by atoms with Gasteiger partial charge in [-0.05, 0) is 30.5 Å². The smallest absolute Gasteiger partial charge is 0.273 e. The van der Waals surface area contributed by atoms with Crippen LogP contribution in [0.15, 0.2) is 52.2 Å². The molecule has 1 aliphatic heterocycles. The molecule has 0 radical (unpaired) electrons. The third kappa shape index (κ3) is 3.91. The molecule has 0 saturated carbocycles. The topological polar surface area (TPSA) is 115 Å². The molecular formula is C25H25N5O4S3. The first-order valence-electron chi connectivity index (χ1n) is 11.7. The van der Waals surface area contributed by atoms with E-state index in [1.54, 1.807) is 35.9 Å². The summed E-state index contributed by atoms with van der Waals surface area (Å²) >= 11 is 2.77. The highest BCUT2D eigenvalue weighted by molar-refractivity contribution is 7.94. The number of fused-ring (bicyclic) bond motifs is 2. The van der Waals surface area contributed by atoms with E-state index in [0.717, 1.165) is 37.6 Å². The van der Waals surface area contributed by atoms with Crippen molar-refractivity contribution in [1.82, 2.24) is 19.4 Å². The maximum Gasteiger partial charge on any atom is 0.273 e. The predicted molar refractivity (Wildman–Crippen MR) is 146 cm³/mol. The van der Waals surface area contributed by atoms with E-state index in [1.807, 2.05) is 37.4 Å². The van der Waals surface area contributed by atoms with Crippen LogP contribution in [-0.4, -0.2) is 44.6 Å². The molecule has 4 aromatic heterocycles. The summed E-state index contributed by atoms with van der Waals surface area (Å²) in [6, 6.07) is 11.0. The van der Waals surface area contributed by atoms with Crippen molar-refractivity contribution in [3.8, 4) is 22.5 Å². The Morgan fingerprint density at radius 2 is 1.89 bits per heavy atom. The van der Waals surface area contributed by atoms with Gasteiger partial charge >= 0.3 is 0 Å². The Morgan fingerprint density at radius 1 is 1.14 bits per heavy atom. The molecule has 5 aromatic rings. The van der Waals surface area contributed by atoms with Crippen molar-refractivity contribution in [1.29, 1.82) is 0 Å². The zero-order chi connectivity index (χ0) is 25.9. The van der Waals surface area contributed by atoms with Crippen molar-refractivity contribution < 1.29 is 18.6 Å². The molecular weight excluding hydrogens is 531 g/mol. The number of rotatable bonds is 7. The van der Waals surface area contributed by atoms with Crippen LogP contribution in [0.4, 0.5) is 5.69 Å². The first kappa shape index (κ1) is 24.0. The highest BCUT2D eigenvalue weighted by Crippen LogP contribution is 2.40. The van der Waals surface area contributed by atoms with Gasteiger partial charge in [-0.3, -0.25) is 13.8 Å². The molecule has 0 aliphatic carbocycles. The number of benzene rings is 1. The van der Waals surface area contributed by atoms with Crippen LogP contribution >= 0.6 is 22.7 Å². The Hall–Kier alpha value is -3.32. The molecule has 9 nitrogen and oxygen atoms in total. The van der Waals surface area contributed by atoms with Gasteiger partial charge in [-0.15, -0.1) is 22.7 Å². The second-order valence-corrected chi connectivity index (χ2v) is 13.1. The number of H-pyrrole nitrogens is 1. The quantitative estimate of drug-likeness (QED) is 0.265. The molecule has 0 atom stereocenters. The molecule has 0 bridgehead atoms. The maximum atomic E-state index is 13.3. The number of anilines is 1. The molecule has 0 spiro atoms. The van der Waals surface area contributed by atoms with E-state index in [-0.39, 0.29) is 11.8 Å². The number of nitrogens with one attached hydrogen (secondary N) is 1. The van der Waals surface area contributed by atoms with E-state index in [0.29, 0.717) is 36.1 Å². The van der Waals surface area contributed by atoms with Crippen LogP contribution in [0.3, 0.4) is 0 Å². The number of sulfonamides is 1. The van der Waals surface area contributed by atoms with Crippen LogP contribution in [0.25, 0.3) is 21.6 Å². The largest absolute Gasteiger partial charge is 0.494 e. The third-order valence-corrected chi connectivity index (χ3v) is 11.0. The lowest BCUT2D eigenvalue weighted by Gasteiger charge is -2.22. The summed E-state index contributed by atoms with van der Waals surface area (Å²) in [6.45, 7) is 3.90. The Balaban J connectivity index is 1.27. The van der Waals surface area contributed by atoms with Gasteiger partial charge in [-0.2, -0.15) is 0 Å². The molecule has 37 heavy (non-hydrogen) atoms. The molecule has 12 heteroatoms. The van der Waals surface area contributed by atoms with Crippen molar-refractivity contribution in [3.05, 3.63) is 64.0 Å². The van der Waals surface area contributed by atoms with Crippen molar-refractivity contribution in [2.75, 3.05) is 10.8 Å². The average Bonchev–Trinajstić information content (AvgIpc) is 3.70. The van der Waals surface area contributed by atoms with Crippen molar-refractivity contribution >= 4 is 49.3 Å². The number of thiazole rings is 1. The van der Waals surface area contributed by atoms with E-state index in [2.05, 4.69) is 14.9 Å². The first-order chi connectivity index (χ1) is 17.8. The normalized spacial score (nSPS) is 14.0. The fourth-order valence-electron chi connectivity index (χ4n) is 4.90. The van der Waals surface area contributed by atoms with Gasteiger partial charge in [0, 0.05) is 60.8 Å². The minimum atomic E-state index is -3.67. The number of hydrogen-bond acceptors (Lipinski definition) is 8. The molecule has 1 aliphatic rings. The van der Waals surface area contributed by atoms with E-state index in [1.165, 1.54) is 20.2 Å². The molecule has 1 aromatic carbocycles. The van der Waals surface area contributed by atoms with Gasteiger partial charge in [0.1, 0.15) is 9.22 Å². The molecule has 0 unspecified atom stereocenters. The lowest BCUT2D eigenvalue weighted by molar-refractivity contribution is 0.266. The van der Waals surface area contributed by atoms with Crippen LogP contribution in [0.1, 0.15) is 22.9 Å². The summed E-state index contributed by atoms with van der Waals surface area (Å²) in [5, 5.41) is 24.0. The van der Waals surface area contributed by atoms with E-state index in [4.69, 9.17) is 0 Å². The number of aromatic hydroxyl groups is 2. The second-order valence-electron chi connectivity index (χ2n) is 8.97. The van der Waals surface area contributed by atoms with Gasteiger partial charge < -0.3 is 15.2 Å². The second kappa shape index (κ2) is 8.91. The van der Waals surface area contributed by atoms with Gasteiger partial charge in [0.15, 0.2) is 11.8 Å². The van der Waals surface area contributed by atoms with E-state index < -0.39 is 10.0 Å². The van der Waals surface area contributed by atoms with Gasteiger partial charge in [0.25, 0.3) is 10.0 Å². The van der Waals surface area contributed by atoms with Crippen molar-refractivity contribution in [3.63, 3.8) is 0 Å². The molecule has 0 amide bonds. The third-order valence-electron chi connectivity index (χ3n) is 6.70. The lowest BCUT2D eigenvalue weighted by atomic mass is 10.2. The van der Waals surface area contributed by atoms with Crippen LogP contribution in [0, 0.1) is 0 Å². The number of para-hydroxylation sites is 1. The predicted octanol–water partition coefficient (Wildman–Crippen LogP) is 4.83. The Kier molecular flexibility index (Phi) is 5.79. The number of hydrogen-bond donors (Lipinski definition) is 3. The fraction of sp³-hybridized carbons (Fsp3) is 0.240. The van der Waals surface area contributed by atoms with Gasteiger partial charge in [-0.25, -0.2) is 13.4 Å². The number of thiophene rings is 1. The molecule has 3 N–H and O–H groups in total. The average molecular weight is 556 g/mol. The molecule has 192 valence electrons. The summed E-state index contributed by atoms with van der Waals surface area (Å²) in [6.07, 6.45) is 1.84. The van der Waals surface area contributed by atoms with E-state index >= 15 is 0 Å². The highest BCUT2D eigenvalue weighted by atomic mass is 32.2. The first-order valence-corrected chi connectivity index (χ1v) is 14.8.